The molecule has 0 unspecified atom stereocenters. The van der Waals surface area contributed by atoms with E-state index in [1.54, 1.807) is 6.07 Å². The van der Waals surface area contributed by atoms with Gasteiger partial charge in [0.15, 0.2) is 11.5 Å². The quantitative estimate of drug-likeness (QED) is 0.300. The third-order valence-electron chi connectivity index (χ3n) is 4.87. The molecular formula is C24H23Cl2N5O2. The molecule has 0 fully saturated rings. The molecule has 1 heterocycles. The lowest BCUT2D eigenvalue weighted by Gasteiger charge is -2.13. The van der Waals surface area contributed by atoms with Crippen molar-refractivity contribution in [1.82, 2.24) is 25.5 Å². The van der Waals surface area contributed by atoms with Crippen molar-refractivity contribution in [2.45, 2.75) is 19.9 Å². The lowest BCUT2D eigenvalue weighted by atomic mass is 10.1. The van der Waals surface area contributed by atoms with Gasteiger partial charge in [-0.05, 0) is 77.8 Å². The van der Waals surface area contributed by atoms with Crippen LogP contribution in [0.5, 0.6) is 17.5 Å². The standard InChI is InChI=1S/C24H23Cl2N5O2/c1-2-32-23-14-17(16-27-13-12-18-9-10-19(25)15-21(18)26)8-11-22(23)33-24-28-29-30-31(24)20-6-4-3-5-7-20/h3-11,14-15,27H,2,12-13,16H2,1H3. The number of nitrogens with one attached hydrogen (secondary N) is 1. The summed E-state index contributed by atoms with van der Waals surface area (Å²) in [5.41, 5.74) is 2.93. The van der Waals surface area contributed by atoms with E-state index in [1.165, 1.54) is 4.68 Å². The molecule has 0 saturated heterocycles. The number of halogens is 2. The van der Waals surface area contributed by atoms with Gasteiger partial charge in [-0.3, -0.25) is 0 Å². The first-order valence-electron chi connectivity index (χ1n) is 10.6. The highest BCUT2D eigenvalue weighted by molar-refractivity contribution is 6.35. The maximum Gasteiger partial charge on any atom is 0.346 e. The van der Waals surface area contributed by atoms with Gasteiger partial charge in [0.2, 0.25) is 0 Å². The minimum atomic E-state index is 0.257. The van der Waals surface area contributed by atoms with E-state index in [2.05, 4.69) is 20.8 Å². The second-order valence-corrected chi connectivity index (χ2v) is 8.03. The third-order valence-corrected chi connectivity index (χ3v) is 5.45. The van der Waals surface area contributed by atoms with E-state index in [-0.39, 0.29) is 6.01 Å². The van der Waals surface area contributed by atoms with Crippen LogP contribution in [0.3, 0.4) is 0 Å². The minimum Gasteiger partial charge on any atom is -0.490 e. The molecule has 0 aliphatic carbocycles. The van der Waals surface area contributed by atoms with Crippen LogP contribution in [0, 0.1) is 0 Å². The SMILES string of the molecule is CCOc1cc(CNCCc2ccc(Cl)cc2Cl)ccc1Oc1nnnn1-c1ccccc1. The molecule has 0 spiro atoms. The van der Waals surface area contributed by atoms with Gasteiger partial charge in [-0.2, -0.15) is 4.68 Å². The average molecular weight is 484 g/mol. The van der Waals surface area contributed by atoms with E-state index >= 15 is 0 Å². The predicted octanol–water partition coefficient (Wildman–Crippen LogP) is 5.49. The van der Waals surface area contributed by atoms with Gasteiger partial charge in [0, 0.05) is 16.6 Å². The summed E-state index contributed by atoms with van der Waals surface area (Å²) in [6.45, 7) is 3.88. The van der Waals surface area contributed by atoms with Crippen LogP contribution >= 0.6 is 23.2 Å². The Kier molecular flexibility index (Phi) is 7.78. The molecule has 0 bridgehead atoms. The topological polar surface area (TPSA) is 74.1 Å². The van der Waals surface area contributed by atoms with Crippen LogP contribution < -0.4 is 14.8 Å². The second kappa shape index (κ2) is 11.1. The zero-order valence-electron chi connectivity index (χ0n) is 18.0. The Bertz CT molecular complexity index is 1200. The zero-order chi connectivity index (χ0) is 23.0. The monoisotopic (exact) mass is 483 g/mol. The van der Waals surface area contributed by atoms with Gasteiger partial charge in [0.1, 0.15) is 0 Å². The molecule has 0 aliphatic rings. The number of aromatic nitrogens is 4. The highest BCUT2D eigenvalue weighted by Gasteiger charge is 2.14. The Hall–Kier alpha value is -3.13. The van der Waals surface area contributed by atoms with Gasteiger partial charge < -0.3 is 14.8 Å². The van der Waals surface area contributed by atoms with Gasteiger partial charge in [-0.1, -0.05) is 58.6 Å². The van der Waals surface area contributed by atoms with Crippen molar-refractivity contribution in [3.63, 3.8) is 0 Å². The first kappa shape index (κ1) is 23.0. The van der Waals surface area contributed by atoms with Gasteiger partial charge >= 0.3 is 6.01 Å². The molecule has 0 atom stereocenters. The minimum absolute atomic E-state index is 0.257. The number of rotatable bonds is 10. The van der Waals surface area contributed by atoms with Gasteiger partial charge in [0.05, 0.1) is 12.3 Å². The Balaban J connectivity index is 1.41. The lowest BCUT2D eigenvalue weighted by molar-refractivity contribution is 0.315. The van der Waals surface area contributed by atoms with Crippen LogP contribution in [0.2, 0.25) is 10.0 Å². The fourth-order valence-corrected chi connectivity index (χ4v) is 3.77. The summed E-state index contributed by atoms with van der Waals surface area (Å²) in [4.78, 5) is 0. The molecule has 0 amide bonds. The van der Waals surface area contributed by atoms with Crippen LogP contribution in [0.4, 0.5) is 0 Å². The van der Waals surface area contributed by atoms with Crippen molar-refractivity contribution < 1.29 is 9.47 Å². The number of hydrogen-bond acceptors (Lipinski definition) is 6. The van der Waals surface area contributed by atoms with Crippen LogP contribution in [0.25, 0.3) is 5.69 Å². The normalized spacial score (nSPS) is 10.9. The van der Waals surface area contributed by atoms with Crippen LogP contribution in [0.1, 0.15) is 18.1 Å². The summed E-state index contributed by atoms with van der Waals surface area (Å²) in [5.74, 6) is 1.17. The summed E-state index contributed by atoms with van der Waals surface area (Å²) in [6, 6.07) is 21.2. The molecule has 1 N–H and O–H groups in total. The Labute approximate surface area is 202 Å². The Morgan fingerprint density at radius 3 is 2.61 bits per heavy atom. The smallest absolute Gasteiger partial charge is 0.346 e. The van der Waals surface area contributed by atoms with Crippen LogP contribution in [0.15, 0.2) is 66.7 Å². The summed E-state index contributed by atoms with van der Waals surface area (Å²) < 4.78 is 13.4. The van der Waals surface area contributed by atoms with Crippen molar-refractivity contribution in [2.75, 3.05) is 13.2 Å². The van der Waals surface area contributed by atoms with Crippen molar-refractivity contribution in [3.8, 4) is 23.2 Å². The second-order valence-electron chi connectivity index (χ2n) is 7.19. The summed E-state index contributed by atoms with van der Waals surface area (Å²) in [7, 11) is 0. The van der Waals surface area contributed by atoms with Crippen LogP contribution in [-0.2, 0) is 13.0 Å². The largest absolute Gasteiger partial charge is 0.490 e. The van der Waals surface area contributed by atoms with E-state index in [9.17, 15) is 0 Å². The molecule has 0 aliphatic heterocycles. The fraction of sp³-hybridized carbons (Fsp3) is 0.208. The Morgan fingerprint density at radius 2 is 1.82 bits per heavy atom. The molecule has 3 aromatic carbocycles. The number of hydrogen-bond donors (Lipinski definition) is 1. The first-order valence-corrected chi connectivity index (χ1v) is 11.3. The van der Waals surface area contributed by atoms with E-state index in [4.69, 9.17) is 32.7 Å². The number of benzene rings is 3. The number of ether oxygens (including phenoxy) is 2. The van der Waals surface area contributed by atoms with Gasteiger partial charge in [-0.15, -0.1) is 0 Å². The Morgan fingerprint density at radius 1 is 0.970 bits per heavy atom. The maximum absolute atomic E-state index is 6.25. The van der Waals surface area contributed by atoms with E-state index in [0.29, 0.717) is 34.7 Å². The highest BCUT2D eigenvalue weighted by Crippen LogP contribution is 2.32. The summed E-state index contributed by atoms with van der Waals surface area (Å²) >= 11 is 12.2. The molecule has 170 valence electrons. The molecule has 0 radical (unpaired) electrons. The maximum atomic E-state index is 6.25. The lowest BCUT2D eigenvalue weighted by Crippen LogP contribution is -2.17. The van der Waals surface area contributed by atoms with E-state index in [0.717, 1.165) is 29.8 Å². The van der Waals surface area contributed by atoms with E-state index in [1.807, 2.05) is 67.6 Å². The summed E-state index contributed by atoms with van der Waals surface area (Å²) in [5, 5.41) is 16.5. The molecule has 33 heavy (non-hydrogen) atoms. The molecule has 7 nitrogen and oxygen atoms in total. The predicted molar refractivity (Wildman–Crippen MR) is 129 cm³/mol. The average Bonchev–Trinajstić information content (AvgIpc) is 3.28. The molecule has 0 saturated carbocycles. The third kappa shape index (κ3) is 6.01. The molecular weight excluding hydrogens is 461 g/mol. The van der Waals surface area contributed by atoms with Gasteiger partial charge in [-0.25, -0.2) is 0 Å². The van der Waals surface area contributed by atoms with Gasteiger partial charge in [0.25, 0.3) is 0 Å². The van der Waals surface area contributed by atoms with Crippen molar-refractivity contribution in [1.29, 1.82) is 0 Å². The van der Waals surface area contributed by atoms with Crippen molar-refractivity contribution >= 4 is 23.2 Å². The van der Waals surface area contributed by atoms with Crippen molar-refractivity contribution in [2.24, 2.45) is 0 Å². The van der Waals surface area contributed by atoms with Crippen LogP contribution in [-0.4, -0.2) is 33.4 Å². The zero-order valence-corrected chi connectivity index (χ0v) is 19.6. The molecule has 4 rings (SSSR count). The molecule has 9 heteroatoms. The summed E-state index contributed by atoms with van der Waals surface area (Å²) in [6.07, 6.45) is 0.803. The number of nitrogens with zero attached hydrogens (tertiary/aromatic N) is 4. The fourth-order valence-electron chi connectivity index (χ4n) is 3.27. The highest BCUT2D eigenvalue weighted by atomic mass is 35.5. The number of tetrazole rings is 1. The van der Waals surface area contributed by atoms with E-state index < -0.39 is 0 Å². The molecule has 4 aromatic rings. The molecule has 1 aromatic heterocycles. The van der Waals surface area contributed by atoms with Crippen molar-refractivity contribution in [3.05, 3.63) is 87.9 Å². The number of para-hydroxylation sites is 1. The first-order chi connectivity index (χ1) is 16.1.